The molecule has 0 aliphatic carbocycles. The summed E-state index contributed by atoms with van der Waals surface area (Å²) in [5, 5.41) is 12.0. The van der Waals surface area contributed by atoms with Crippen LogP contribution in [-0.2, 0) is 10.2 Å². The number of hydrogen-bond donors (Lipinski definition) is 2. The van der Waals surface area contributed by atoms with Gasteiger partial charge in [-0.25, -0.2) is 0 Å². The van der Waals surface area contributed by atoms with E-state index in [1.54, 1.807) is 12.1 Å². The predicted octanol–water partition coefficient (Wildman–Crippen LogP) is 2.31. The maximum Gasteiger partial charge on any atom is 0.332 e. The van der Waals surface area contributed by atoms with E-state index in [0.717, 1.165) is 12.1 Å². The van der Waals surface area contributed by atoms with Crippen LogP contribution in [0.5, 0.6) is 11.5 Å². The first-order valence-electron chi connectivity index (χ1n) is 6.05. The van der Waals surface area contributed by atoms with Crippen LogP contribution >= 0.6 is 0 Å². The summed E-state index contributed by atoms with van der Waals surface area (Å²) in [6.07, 6.45) is 0. The molecule has 0 saturated heterocycles. The van der Waals surface area contributed by atoms with Crippen molar-refractivity contribution in [2.24, 2.45) is 0 Å². The zero-order valence-corrected chi connectivity index (χ0v) is 12.2. The second-order valence-electron chi connectivity index (χ2n) is 4.27. The van der Waals surface area contributed by atoms with Gasteiger partial charge in [-0.05, 0) is 30.3 Å². The number of carbonyl (C=O) groups is 1. The van der Waals surface area contributed by atoms with Crippen LogP contribution in [0, 0.1) is 0 Å². The van der Waals surface area contributed by atoms with Crippen LogP contribution in [0.4, 0.5) is 9.57 Å². The molecule has 2 N–H and O–H groups in total. The van der Waals surface area contributed by atoms with Crippen molar-refractivity contribution in [1.82, 2.24) is 0 Å². The average molecular weight is 325 g/mol. The molecule has 2 aromatic rings. The number of benzene rings is 2. The number of carbonyl (C=O) groups excluding carboxylic acids is 1. The first-order chi connectivity index (χ1) is 10.3. The molecule has 0 heterocycles. The van der Waals surface area contributed by atoms with Crippen molar-refractivity contribution in [3.8, 4) is 11.5 Å². The average Bonchev–Trinajstić information content (AvgIpc) is 2.46. The highest BCUT2D eigenvalue weighted by atomic mass is 32.3. The minimum atomic E-state index is -4.92. The minimum Gasteiger partial charge on any atom is -0.507 e. The number of anilines is 1. The Bertz CT molecular complexity index is 820. The zero-order valence-electron chi connectivity index (χ0n) is 11.4. The molecule has 0 aliphatic heterocycles. The molecule has 0 bridgehead atoms. The Morgan fingerprint density at radius 1 is 1.23 bits per heavy atom. The smallest absolute Gasteiger partial charge is 0.332 e. The van der Waals surface area contributed by atoms with Crippen molar-refractivity contribution in [3.63, 3.8) is 0 Å². The molecule has 0 saturated carbocycles. The fourth-order valence-electron chi connectivity index (χ4n) is 1.79. The number of para-hydroxylation sites is 1. The highest BCUT2D eigenvalue weighted by Gasteiger charge is 2.18. The summed E-state index contributed by atoms with van der Waals surface area (Å²) in [6, 6.07) is 8.97. The van der Waals surface area contributed by atoms with Gasteiger partial charge < -0.3 is 15.2 Å². The standard InChI is InChI=1S/C14H12FNO5S/c1-21-13-7-6-9(22(15,19)20)8-11(13)16-14(18)10-4-2-3-5-12(10)17/h2-8,17H,1H3,(H,16,18). The SMILES string of the molecule is COc1ccc(S(=O)(=O)F)cc1NC(=O)c1ccccc1O. The van der Waals surface area contributed by atoms with Gasteiger partial charge in [0.05, 0.1) is 18.4 Å². The van der Waals surface area contributed by atoms with E-state index >= 15 is 0 Å². The largest absolute Gasteiger partial charge is 0.507 e. The van der Waals surface area contributed by atoms with Crippen LogP contribution in [0.3, 0.4) is 0 Å². The van der Waals surface area contributed by atoms with E-state index in [-0.39, 0.29) is 22.7 Å². The normalized spacial score (nSPS) is 11.0. The third-order valence-corrected chi connectivity index (χ3v) is 3.67. The lowest BCUT2D eigenvalue weighted by Crippen LogP contribution is -2.13. The molecule has 2 rings (SSSR count). The molecular formula is C14H12FNO5S. The number of rotatable bonds is 4. The molecular weight excluding hydrogens is 313 g/mol. The Morgan fingerprint density at radius 2 is 1.91 bits per heavy atom. The molecule has 6 nitrogen and oxygen atoms in total. The molecule has 0 radical (unpaired) electrons. The summed E-state index contributed by atoms with van der Waals surface area (Å²) >= 11 is 0. The van der Waals surface area contributed by atoms with Crippen molar-refractivity contribution >= 4 is 21.8 Å². The van der Waals surface area contributed by atoms with Gasteiger partial charge >= 0.3 is 10.2 Å². The van der Waals surface area contributed by atoms with Crippen LogP contribution < -0.4 is 10.1 Å². The summed E-state index contributed by atoms with van der Waals surface area (Å²) in [7, 11) is -3.60. The van der Waals surface area contributed by atoms with E-state index in [4.69, 9.17) is 4.74 Å². The molecule has 22 heavy (non-hydrogen) atoms. The van der Waals surface area contributed by atoms with E-state index < -0.39 is 21.0 Å². The monoisotopic (exact) mass is 325 g/mol. The maximum absolute atomic E-state index is 13.0. The van der Waals surface area contributed by atoms with Crippen molar-refractivity contribution < 1.29 is 26.9 Å². The van der Waals surface area contributed by atoms with Crippen LogP contribution in [0.25, 0.3) is 0 Å². The van der Waals surface area contributed by atoms with E-state index in [1.165, 1.54) is 25.3 Å². The van der Waals surface area contributed by atoms with E-state index in [9.17, 15) is 22.2 Å². The molecule has 0 unspecified atom stereocenters. The number of halogens is 1. The Labute approximate surface area is 126 Å². The van der Waals surface area contributed by atoms with Crippen LogP contribution in [0.1, 0.15) is 10.4 Å². The van der Waals surface area contributed by atoms with Crippen LogP contribution in [0.2, 0.25) is 0 Å². The molecule has 8 heteroatoms. The Hall–Kier alpha value is -2.61. The number of aromatic hydroxyl groups is 1. The second-order valence-corrected chi connectivity index (χ2v) is 5.62. The number of nitrogens with one attached hydrogen (secondary N) is 1. The minimum absolute atomic E-state index is 0.0157. The number of phenolic OH excluding ortho intramolecular Hbond substituents is 1. The second kappa shape index (κ2) is 6.02. The fraction of sp³-hybridized carbons (Fsp3) is 0.0714. The Kier molecular flexibility index (Phi) is 4.32. The lowest BCUT2D eigenvalue weighted by atomic mass is 10.2. The van der Waals surface area contributed by atoms with Crippen molar-refractivity contribution in [2.45, 2.75) is 4.90 Å². The fourth-order valence-corrected chi connectivity index (χ4v) is 2.28. The van der Waals surface area contributed by atoms with Gasteiger partial charge in [0.1, 0.15) is 16.4 Å². The van der Waals surface area contributed by atoms with E-state index in [1.807, 2.05) is 0 Å². The summed E-state index contributed by atoms with van der Waals surface area (Å²) in [4.78, 5) is 11.5. The molecule has 0 fully saturated rings. The topological polar surface area (TPSA) is 92.7 Å². The third-order valence-electron chi connectivity index (χ3n) is 2.85. The third kappa shape index (κ3) is 3.34. The van der Waals surface area contributed by atoms with Gasteiger partial charge in [-0.1, -0.05) is 12.1 Å². The molecule has 2 aromatic carbocycles. The number of amides is 1. The van der Waals surface area contributed by atoms with Crippen LogP contribution in [0.15, 0.2) is 47.4 Å². The van der Waals surface area contributed by atoms with Crippen LogP contribution in [-0.4, -0.2) is 26.5 Å². The molecule has 0 aliphatic rings. The van der Waals surface area contributed by atoms with Gasteiger partial charge in [0.15, 0.2) is 0 Å². The molecule has 0 spiro atoms. The Balaban J connectivity index is 2.40. The number of hydrogen-bond acceptors (Lipinski definition) is 5. The van der Waals surface area contributed by atoms with Gasteiger partial charge in [-0.2, -0.15) is 8.42 Å². The van der Waals surface area contributed by atoms with Crippen molar-refractivity contribution in [2.75, 3.05) is 12.4 Å². The van der Waals surface area contributed by atoms with Crippen molar-refractivity contribution in [3.05, 3.63) is 48.0 Å². The number of ether oxygens (including phenoxy) is 1. The summed E-state index contributed by atoms with van der Waals surface area (Å²) in [5.74, 6) is -0.783. The maximum atomic E-state index is 13.0. The lowest BCUT2D eigenvalue weighted by Gasteiger charge is -2.11. The zero-order chi connectivity index (χ0) is 16.3. The van der Waals surface area contributed by atoms with E-state index in [2.05, 4.69) is 5.32 Å². The number of phenols is 1. The molecule has 116 valence electrons. The predicted molar refractivity (Wildman–Crippen MR) is 77.3 cm³/mol. The summed E-state index contributed by atoms with van der Waals surface area (Å²) < 4.78 is 39.9. The first kappa shape index (κ1) is 15.8. The van der Waals surface area contributed by atoms with Gasteiger partial charge in [-0.15, -0.1) is 3.89 Å². The summed E-state index contributed by atoms with van der Waals surface area (Å²) in [6.45, 7) is 0. The first-order valence-corrected chi connectivity index (χ1v) is 7.43. The molecule has 1 amide bonds. The van der Waals surface area contributed by atoms with Crippen molar-refractivity contribution in [1.29, 1.82) is 0 Å². The molecule has 0 aromatic heterocycles. The van der Waals surface area contributed by atoms with E-state index in [0.29, 0.717) is 0 Å². The summed E-state index contributed by atoms with van der Waals surface area (Å²) in [5.41, 5.74) is -0.0486. The lowest BCUT2D eigenvalue weighted by molar-refractivity contribution is 0.102. The highest BCUT2D eigenvalue weighted by molar-refractivity contribution is 7.86. The van der Waals surface area contributed by atoms with Gasteiger partial charge in [0.25, 0.3) is 5.91 Å². The van der Waals surface area contributed by atoms with Gasteiger partial charge in [0, 0.05) is 0 Å². The Morgan fingerprint density at radius 3 is 2.50 bits per heavy atom. The van der Waals surface area contributed by atoms with Gasteiger partial charge in [-0.3, -0.25) is 4.79 Å². The van der Waals surface area contributed by atoms with Gasteiger partial charge in [0.2, 0.25) is 0 Å². The highest BCUT2D eigenvalue weighted by Crippen LogP contribution is 2.29. The number of methoxy groups -OCH3 is 1. The molecule has 0 atom stereocenters. The quantitative estimate of drug-likeness (QED) is 0.842.